The molecule has 2 nitrogen and oxygen atoms in total. The lowest BCUT2D eigenvalue weighted by Gasteiger charge is -2.11. The van der Waals surface area contributed by atoms with Gasteiger partial charge in [-0.25, -0.2) is 4.98 Å². The Morgan fingerprint density at radius 3 is 2.08 bits per heavy atom. The van der Waals surface area contributed by atoms with E-state index < -0.39 is 0 Å². The summed E-state index contributed by atoms with van der Waals surface area (Å²) in [7, 11) is 0. The first-order valence-electron chi connectivity index (χ1n) is 13.9. The SMILES string of the molecule is C=CCCC.c1ccc(-c2cccc(-c3ccnc(-n4c5ccccc5c5ccc6ccccc6c54)c3)c2)cc1. The van der Waals surface area contributed by atoms with E-state index in [1.807, 2.05) is 12.3 Å². The monoisotopic (exact) mass is 516 g/mol. The van der Waals surface area contributed by atoms with Gasteiger partial charge in [0, 0.05) is 22.4 Å². The van der Waals surface area contributed by atoms with Gasteiger partial charge < -0.3 is 0 Å². The predicted octanol–water partition coefficient (Wildman–Crippen LogP) is 10.6. The number of aromatic nitrogens is 2. The minimum Gasteiger partial charge on any atom is -0.293 e. The maximum absolute atomic E-state index is 4.86. The molecule has 7 rings (SSSR count). The van der Waals surface area contributed by atoms with Gasteiger partial charge in [-0.05, 0) is 58.3 Å². The second-order valence-electron chi connectivity index (χ2n) is 9.96. The molecule has 0 spiro atoms. The van der Waals surface area contributed by atoms with Crippen LogP contribution in [-0.2, 0) is 0 Å². The molecule has 2 heterocycles. The Morgan fingerprint density at radius 2 is 1.30 bits per heavy atom. The van der Waals surface area contributed by atoms with Crippen LogP contribution in [0.5, 0.6) is 0 Å². The molecule has 0 unspecified atom stereocenters. The van der Waals surface area contributed by atoms with Crippen LogP contribution in [0.25, 0.3) is 60.6 Å². The van der Waals surface area contributed by atoms with Crippen molar-refractivity contribution in [2.45, 2.75) is 19.8 Å². The second kappa shape index (κ2) is 11.4. The van der Waals surface area contributed by atoms with Crippen LogP contribution in [0.15, 0.2) is 146 Å². The molecule has 5 aromatic carbocycles. The van der Waals surface area contributed by atoms with Crippen molar-refractivity contribution in [1.29, 1.82) is 0 Å². The van der Waals surface area contributed by atoms with Gasteiger partial charge in [0.2, 0.25) is 0 Å². The Labute approximate surface area is 235 Å². The summed E-state index contributed by atoms with van der Waals surface area (Å²) in [6.07, 6.45) is 6.23. The van der Waals surface area contributed by atoms with Crippen LogP contribution in [-0.4, -0.2) is 9.55 Å². The van der Waals surface area contributed by atoms with Crippen LogP contribution < -0.4 is 0 Å². The molecule has 0 aliphatic heterocycles. The zero-order valence-corrected chi connectivity index (χ0v) is 22.8. The van der Waals surface area contributed by atoms with Crippen molar-refractivity contribution in [1.82, 2.24) is 9.55 Å². The summed E-state index contributed by atoms with van der Waals surface area (Å²) in [5, 5.41) is 4.96. The molecule has 0 aliphatic carbocycles. The molecule has 0 amide bonds. The molecule has 194 valence electrons. The first kappa shape index (κ1) is 25.3. The van der Waals surface area contributed by atoms with Gasteiger partial charge in [0.25, 0.3) is 0 Å². The zero-order chi connectivity index (χ0) is 27.3. The summed E-state index contributed by atoms with van der Waals surface area (Å²) in [4.78, 5) is 4.86. The molecule has 7 aromatic rings. The van der Waals surface area contributed by atoms with E-state index in [2.05, 4.69) is 145 Å². The third-order valence-electron chi connectivity index (χ3n) is 7.33. The maximum Gasteiger partial charge on any atom is 0.138 e. The summed E-state index contributed by atoms with van der Waals surface area (Å²) in [6, 6.07) is 45.2. The van der Waals surface area contributed by atoms with Gasteiger partial charge in [-0.1, -0.05) is 123 Å². The van der Waals surface area contributed by atoms with Crippen LogP contribution in [0.4, 0.5) is 0 Å². The predicted molar refractivity (Wildman–Crippen MR) is 172 cm³/mol. The van der Waals surface area contributed by atoms with Gasteiger partial charge >= 0.3 is 0 Å². The van der Waals surface area contributed by atoms with Crippen LogP contribution in [0.1, 0.15) is 19.8 Å². The quantitative estimate of drug-likeness (QED) is 0.208. The van der Waals surface area contributed by atoms with Gasteiger partial charge in [-0.15, -0.1) is 6.58 Å². The second-order valence-corrected chi connectivity index (χ2v) is 9.96. The van der Waals surface area contributed by atoms with E-state index >= 15 is 0 Å². The van der Waals surface area contributed by atoms with Crippen molar-refractivity contribution in [2.24, 2.45) is 0 Å². The van der Waals surface area contributed by atoms with E-state index in [-0.39, 0.29) is 0 Å². The lowest BCUT2D eigenvalue weighted by Crippen LogP contribution is -1.98. The topological polar surface area (TPSA) is 17.8 Å². The molecule has 2 aromatic heterocycles. The molecule has 0 saturated carbocycles. The van der Waals surface area contributed by atoms with Crippen molar-refractivity contribution in [3.63, 3.8) is 0 Å². The molecular formula is C38H32N2. The fraction of sp³-hybridized carbons (Fsp3) is 0.0789. The Kier molecular flexibility index (Phi) is 7.24. The molecular weight excluding hydrogens is 484 g/mol. The van der Waals surface area contributed by atoms with Crippen LogP contribution in [0, 0.1) is 0 Å². The first-order chi connectivity index (χ1) is 19.8. The number of pyridine rings is 1. The number of nitrogens with zero attached hydrogens (tertiary/aromatic N) is 2. The van der Waals surface area contributed by atoms with E-state index in [4.69, 9.17) is 4.98 Å². The number of para-hydroxylation sites is 1. The number of benzene rings is 5. The summed E-state index contributed by atoms with van der Waals surface area (Å²) in [5.41, 5.74) is 7.13. The molecule has 0 atom stereocenters. The average molecular weight is 517 g/mol. The summed E-state index contributed by atoms with van der Waals surface area (Å²) in [6.45, 7) is 5.69. The highest BCUT2D eigenvalue weighted by Crippen LogP contribution is 2.37. The third-order valence-corrected chi connectivity index (χ3v) is 7.33. The summed E-state index contributed by atoms with van der Waals surface area (Å²) < 4.78 is 2.32. The molecule has 0 bridgehead atoms. The highest BCUT2D eigenvalue weighted by molar-refractivity contribution is 6.18. The minimum atomic E-state index is 0.926. The van der Waals surface area contributed by atoms with E-state index in [1.165, 1.54) is 55.7 Å². The Hall–Kier alpha value is -4.95. The number of fused-ring (bicyclic) bond motifs is 5. The smallest absolute Gasteiger partial charge is 0.138 e. The highest BCUT2D eigenvalue weighted by Gasteiger charge is 2.16. The Morgan fingerprint density at radius 1 is 0.625 bits per heavy atom. The fourth-order valence-electron chi connectivity index (χ4n) is 5.40. The van der Waals surface area contributed by atoms with Crippen molar-refractivity contribution in [3.05, 3.63) is 146 Å². The van der Waals surface area contributed by atoms with Gasteiger partial charge in [0.05, 0.1) is 11.0 Å². The van der Waals surface area contributed by atoms with E-state index in [0.717, 1.165) is 17.8 Å². The number of rotatable bonds is 5. The Bertz CT molecular complexity index is 1930. The lowest BCUT2D eigenvalue weighted by atomic mass is 9.99. The molecule has 0 radical (unpaired) electrons. The van der Waals surface area contributed by atoms with Crippen molar-refractivity contribution in [3.8, 4) is 28.1 Å². The molecule has 0 N–H and O–H groups in total. The molecule has 0 fully saturated rings. The molecule has 0 saturated heterocycles. The number of hydrogen-bond donors (Lipinski definition) is 0. The van der Waals surface area contributed by atoms with Gasteiger partial charge in [-0.2, -0.15) is 0 Å². The summed E-state index contributed by atoms with van der Waals surface area (Å²) >= 11 is 0. The minimum absolute atomic E-state index is 0.926. The van der Waals surface area contributed by atoms with Crippen molar-refractivity contribution in [2.75, 3.05) is 0 Å². The first-order valence-corrected chi connectivity index (χ1v) is 13.9. The number of allylic oxidation sites excluding steroid dienone is 1. The number of unbranched alkanes of at least 4 members (excludes halogenated alkanes) is 1. The Balaban J connectivity index is 0.000000534. The lowest BCUT2D eigenvalue weighted by molar-refractivity contribution is 0.961. The van der Waals surface area contributed by atoms with E-state index in [1.54, 1.807) is 0 Å². The standard InChI is InChI=1S/C33H22N2.C5H10/c1-2-9-23(10-3-1)25-12-8-13-26(21-25)27-19-20-34-32(22-27)35-31-16-7-6-15-29(31)30-18-17-24-11-4-5-14-28(24)33(30)35;1-3-5-4-2/h1-22H;3H,1,4-5H2,2H3. The number of hydrogen-bond acceptors (Lipinski definition) is 1. The fourth-order valence-corrected chi connectivity index (χ4v) is 5.40. The maximum atomic E-state index is 4.86. The highest BCUT2D eigenvalue weighted by atomic mass is 15.1. The largest absolute Gasteiger partial charge is 0.293 e. The molecule has 40 heavy (non-hydrogen) atoms. The van der Waals surface area contributed by atoms with Crippen molar-refractivity contribution >= 4 is 32.6 Å². The van der Waals surface area contributed by atoms with Crippen LogP contribution in [0.3, 0.4) is 0 Å². The third kappa shape index (κ3) is 4.81. The summed E-state index contributed by atoms with van der Waals surface area (Å²) in [5.74, 6) is 0.926. The van der Waals surface area contributed by atoms with Crippen molar-refractivity contribution < 1.29 is 0 Å². The molecule has 0 aliphatic rings. The van der Waals surface area contributed by atoms with E-state index in [0.29, 0.717) is 0 Å². The van der Waals surface area contributed by atoms with Gasteiger partial charge in [-0.3, -0.25) is 4.57 Å². The van der Waals surface area contributed by atoms with Crippen LogP contribution in [0.2, 0.25) is 0 Å². The average Bonchev–Trinajstić information content (AvgIpc) is 3.37. The zero-order valence-electron chi connectivity index (χ0n) is 22.8. The molecule has 2 heteroatoms. The normalized spacial score (nSPS) is 10.9. The van der Waals surface area contributed by atoms with Crippen LogP contribution >= 0.6 is 0 Å². The van der Waals surface area contributed by atoms with Gasteiger partial charge in [0.1, 0.15) is 5.82 Å². The van der Waals surface area contributed by atoms with Gasteiger partial charge in [0.15, 0.2) is 0 Å². The van der Waals surface area contributed by atoms with E-state index in [9.17, 15) is 0 Å².